The number of rotatable bonds is 3. The van der Waals surface area contributed by atoms with Gasteiger partial charge >= 0.3 is 0 Å². The molecule has 1 aromatic heterocycles. The van der Waals surface area contributed by atoms with Crippen molar-refractivity contribution in [1.82, 2.24) is 9.97 Å². The lowest BCUT2D eigenvalue weighted by atomic mass is 10.1. The number of halogens is 1. The van der Waals surface area contributed by atoms with Crippen molar-refractivity contribution >= 4 is 27.7 Å². The lowest BCUT2D eigenvalue weighted by molar-refractivity contribution is 0.196. The highest BCUT2D eigenvalue weighted by molar-refractivity contribution is 9.10. The van der Waals surface area contributed by atoms with Crippen molar-refractivity contribution < 1.29 is 5.11 Å². The Bertz CT molecular complexity index is 655. The zero-order valence-electron chi connectivity index (χ0n) is 10.5. The molecular formula is C13H13BrN2O2S. The monoisotopic (exact) mass is 340 g/mol. The molecule has 4 nitrogen and oxygen atoms in total. The fraction of sp³-hybridized carbons (Fsp3) is 0.231. The molecule has 0 aliphatic heterocycles. The van der Waals surface area contributed by atoms with Gasteiger partial charge in [0.1, 0.15) is 0 Å². The lowest BCUT2D eigenvalue weighted by Gasteiger charge is -2.11. The second-order valence-electron chi connectivity index (χ2n) is 4.15. The summed E-state index contributed by atoms with van der Waals surface area (Å²) in [6, 6.07) is 7.07. The molecule has 1 aromatic carbocycles. The summed E-state index contributed by atoms with van der Waals surface area (Å²) in [5, 5.41) is 10.3. The minimum absolute atomic E-state index is 0.177. The zero-order chi connectivity index (χ0) is 14.0. The Labute approximate surface area is 123 Å². The number of aliphatic hydroxyl groups excluding tert-OH is 1. The third kappa shape index (κ3) is 3.68. The minimum atomic E-state index is -0.577. The van der Waals surface area contributed by atoms with Crippen molar-refractivity contribution in [2.75, 3.05) is 0 Å². The summed E-state index contributed by atoms with van der Waals surface area (Å²) >= 11 is 4.73. The van der Waals surface area contributed by atoms with Gasteiger partial charge in [-0.05, 0) is 31.5 Å². The molecule has 1 unspecified atom stereocenters. The molecule has 100 valence electrons. The van der Waals surface area contributed by atoms with Gasteiger partial charge in [-0.15, -0.1) is 0 Å². The van der Waals surface area contributed by atoms with E-state index in [-0.39, 0.29) is 5.56 Å². The van der Waals surface area contributed by atoms with E-state index in [1.807, 2.05) is 18.2 Å². The Balaban J connectivity index is 2.42. The largest absolute Gasteiger partial charge is 0.389 e. The molecule has 0 radical (unpaired) electrons. The molecule has 0 amide bonds. The van der Waals surface area contributed by atoms with Crippen molar-refractivity contribution in [2.24, 2.45) is 0 Å². The molecule has 0 fully saturated rings. The van der Waals surface area contributed by atoms with Crippen molar-refractivity contribution in [3.05, 3.63) is 50.3 Å². The number of aromatic nitrogens is 2. The van der Waals surface area contributed by atoms with Crippen molar-refractivity contribution in [2.45, 2.75) is 30.0 Å². The van der Waals surface area contributed by atoms with Crippen LogP contribution in [0.2, 0.25) is 0 Å². The first-order valence-electron chi connectivity index (χ1n) is 5.69. The second kappa shape index (κ2) is 5.90. The molecule has 0 spiro atoms. The summed E-state index contributed by atoms with van der Waals surface area (Å²) in [6.07, 6.45) is -0.577. The van der Waals surface area contributed by atoms with E-state index < -0.39 is 6.10 Å². The molecule has 0 aliphatic rings. The number of aryl methyl sites for hydroxylation is 1. The maximum Gasteiger partial charge on any atom is 0.251 e. The summed E-state index contributed by atoms with van der Waals surface area (Å²) in [6.45, 7) is 3.48. The molecule has 2 aromatic rings. The maximum atomic E-state index is 11.4. The number of hydrogen-bond acceptors (Lipinski definition) is 4. The number of nitrogens with zero attached hydrogens (tertiary/aromatic N) is 1. The van der Waals surface area contributed by atoms with Crippen LogP contribution in [0.3, 0.4) is 0 Å². The van der Waals surface area contributed by atoms with E-state index in [1.54, 1.807) is 13.8 Å². The zero-order valence-corrected chi connectivity index (χ0v) is 12.9. The Morgan fingerprint density at radius 2 is 2.16 bits per heavy atom. The first-order valence-corrected chi connectivity index (χ1v) is 7.30. The van der Waals surface area contributed by atoms with E-state index in [0.717, 1.165) is 14.9 Å². The van der Waals surface area contributed by atoms with Gasteiger partial charge in [0.05, 0.1) is 6.10 Å². The molecule has 0 bridgehead atoms. The molecule has 2 N–H and O–H groups in total. The Hall–Kier alpha value is -1.11. The summed E-state index contributed by atoms with van der Waals surface area (Å²) in [7, 11) is 0. The van der Waals surface area contributed by atoms with Gasteiger partial charge in [-0.25, -0.2) is 4.98 Å². The van der Waals surface area contributed by atoms with Crippen molar-refractivity contribution in [1.29, 1.82) is 0 Å². The number of nitrogens with one attached hydrogen (secondary N) is 1. The van der Waals surface area contributed by atoms with Crippen LogP contribution in [0, 0.1) is 6.92 Å². The van der Waals surface area contributed by atoms with Crippen LogP contribution in [0.15, 0.2) is 43.6 Å². The molecule has 0 aliphatic carbocycles. The van der Waals surface area contributed by atoms with Gasteiger partial charge < -0.3 is 10.1 Å². The van der Waals surface area contributed by atoms with Gasteiger partial charge in [-0.1, -0.05) is 33.8 Å². The fourth-order valence-electron chi connectivity index (χ4n) is 1.65. The fourth-order valence-corrected chi connectivity index (χ4v) is 3.25. The van der Waals surface area contributed by atoms with Crippen LogP contribution >= 0.6 is 27.7 Å². The molecule has 1 heterocycles. The normalized spacial score (nSPS) is 12.4. The van der Waals surface area contributed by atoms with Crippen LogP contribution in [-0.2, 0) is 0 Å². The average Bonchev–Trinajstić information content (AvgIpc) is 2.26. The highest BCUT2D eigenvalue weighted by Gasteiger charge is 2.11. The molecule has 1 atom stereocenters. The molecular weight excluding hydrogens is 328 g/mol. The van der Waals surface area contributed by atoms with Gasteiger partial charge in [0.25, 0.3) is 5.56 Å². The maximum absolute atomic E-state index is 11.4. The Morgan fingerprint density at radius 1 is 1.42 bits per heavy atom. The van der Waals surface area contributed by atoms with Gasteiger partial charge in [-0.3, -0.25) is 4.79 Å². The number of hydrogen-bond donors (Lipinski definition) is 2. The number of aliphatic hydroxyl groups is 1. The topological polar surface area (TPSA) is 66.0 Å². The lowest BCUT2D eigenvalue weighted by Crippen LogP contribution is -2.08. The number of benzene rings is 1. The van der Waals surface area contributed by atoms with E-state index in [9.17, 15) is 9.90 Å². The predicted octanol–water partition coefficient (Wildman–Crippen LogP) is 3.05. The van der Waals surface area contributed by atoms with E-state index in [4.69, 9.17) is 0 Å². The summed E-state index contributed by atoms with van der Waals surface area (Å²) < 4.78 is 0.911. The van der Waals surface area contributed by atoms with Gasteiger partial charge in [0, 0.05) is 21.1 Å². The number of aromatic amines is 1. The van der Waals surface area contributed by atoms with Crippen LogP contribution in [0.4, 0.5) is 0 Å². The molecule has 6 heteroatoms. The smallest absolute Gasteiger partial charge is 0.251 e. The molecule has 0 saturated carbocycles. The highest BCUT2D eigenvalue weighted by atomic mass is 79.9. The summed E-state index contributed by atoms with van der Waals surface area (Å²) in [5.74, 6) is 0. The van der Waals surface area contributed by atoms with Crippen LogP contribution < -0.4 is 5.56 Å². The van der Waals surface area contributed by atoms with Crippen LogP contribution in [0.5, 0.6) is 0 Å². The van der Waals surface area contributed by atoms with E-state index in [0.29, 0.717) is 10.9 Å². The van der Waals surface area contributed by atoms with Crippen molar-refractivity contribution in [3.63, 3.8) is 0 Å². The van der Waals surface area contributed by atoms with Gasteiger partial charge in [0.15, 0.2) is 5.16 Å². The first kappa shape index (κ1) is 14.3. The first-order chi connectivity index (χ1) is 8.95. The highest BCUT2D eigenvalue weighted by Crippen LogP contribution is 2.33. The van der Waals surface area contributed by atoms with E-state index in [1.165, 1.54) is 17.8 Å². The Kier molecular flexibility index (Phi) is 4.44. The Morgan fingerprint density at radius 3 is 2.79 bits per heavy atom. The van der Waals surface area contributed by atoms with Crippen molar-refractivity contribution in [3.8, 4) is 0 Å². The second-order valence-corrected chi connectivity index (χ2v) is 6.10. The number of H-pyrrole nitrogens is 1. The van der Waals surface area contributed by atoms with E-state index in [2.05, 4.69) is 25.9 Å². The van der Waals surface area contributed by atoms with Gasteiger partial charge in [0.2, 0.25) is 0 Å². The van der Waals surface area contributed by atoms with Crippen LogP contribution in [0.1, 0.15) is 24.3 Å². The SMILES string of the molecule is Cc1cc(=O)[nH]c(Sc2cc(Br)ccc2C(C)O)n1. The van der Waals surface area contributed by atoms with Crippen LogP contribution in [-0.4, -0.2) is 15.1 Å². The molecule has 19 heavy (non-hydrogen) atoms. The summed E-state index contributed by atoms with van der Waals surface area (Å²) in [4.78, 5) is 19.2. The molecule has 0 saturated heterocycles. The predicted molar refractivity (Wildman–Crippen MR) is 78.5 cm³/mol. The van der Waals surface area contributed by atoms with Crippen LogP contribution in [0.25, 0.3) is 0 Å². The third-order valence-corrected chi connectivity index (χ3v) is 3.93. The quantitative estimate of drug-likeness (QED) is 0.842. The van der Waals surface area contributed by atoms with E-state index >= 15 is 0 Å². The average molecular weight is 341 g/mol. The molecule has 2 rings (SSSR count). The minimum Gasteiger partial charge on any atom is -0.389 e. The standard InChI is InChI=1S/C13H13BrN2O2S/c1-7-5-12(18)16-13(15-7)19-11-6-9(14)3-4-10(11)8(2)17/h3-6,8,17H,1-2H3,(H,15,16,18). The summed E-state index contributed by atoms with van der Waals surface area (Å²) in [5.41, 5.74) is 1.29. The third-order valence-electron chi connectivity index (χ3n) is 2.48. The van der Waals surface area contributed by atoms with Gasteiger partial charge in [-0.2, -0.15) is 0 Å².